The Morgan fingerprint density at radius 3 is 3.05 bits per heavy atom. The summed E-state index contributed by atoms with van der Waals surface area (Å²) in [7, 11) is 0. The van der Waals surface area contributed by atoms with Gasteiger partial charge in [-0.1, -0.05) is 0 Å². The van der Waals surface area contributed by atoms with Crippen molar-refractivity contribution in [1.29, 1.82) is 0 Å². The number of anilines is 1. The number of fused-ring (bicyclic) bond motifs is 1. The Morgan fingerprint density at radius 2 is 2.43 bits per heavy atom. The molecule has 0 radical (unpaired) electrons. The lowest BCUT2D eigenvalue weighted by Crippen LogP contribution is -2.49. The first-order chi connectivity index (χ1) is 10.1. The molecule has 1 aromatic heterocycles. The van der Waals surface area contributed by atoms with Crippen LogP contribution in [0.25, 0.3) is 0 Å². The van der Waals surface area contributed by atoms with Crippen molar-refractivity contribution < 1.29 is 9.13 Å². The van der Waals surface area contributed by atoms with Gasteiger partial charge in [-0.25, -0.2) is 14.4 Å². The molecule has 21 heavy (non-hydrogen) atoms. The lowest BCUT2D eigenvalue weighted by molar-refractivity contribution is 0.0433. The molecule has 3 fully saturated rings. The summed E-state index contributed by atoms with van der Waals surface area (Å²) in [6.07, 6.45) is 3.79. The van der Waals surface area contributed by atoms with E-state index in [0.717, 1.165) is 13.1 Å². The van der Waals surface area contributed by atoms with Crippen LogP contribution in [0.4, 0.5) is 10.2 Å². The molecule has 2 spiro atoms. The van der Waals surface area contributed by atoms with Gasteiger partial charge in [-0.3, -0.25) is 10.2 Å². The quantitative estimate of drug-likeness (QED) is 0.852. The van der Waals surface area contributed by atoms with E-state index in [1.54, 1.807) is 13.0 Å². The van der Waals surface area contributed by atoms with Gasteiger partial charge in [0.15, 0.2) is 0 Å². The van der Waals surface area contributed by atoms with Gasteiger partial charge in [-0.2, -0.15) is 0 Å². The van der Waals surface area contributed by atoms with E-state index in [-0.39, 0.29) is 11.4 Å². The number of rotatable bonds is 1. The molecular formula is C15H17FN4O. The highest BCUT2D eigenvalue weighted by atomic mass is 19.1. The lowest BCUT2D eigenvalue weighted by Gasteiger charge is -2.39. The first kappa shape index (κ1) is 11.9. The van der Waals surface area contributed by atoms with Crippen LogP contribution in [0.1, 0.15) is 18.4 Å². The summed E-state index contributed by atoms with van der Waals surface area (Å²) < 4.78 is 19.4. The summed E-state index contributed by atoms with van der Waals surface area (Å²) in [5.41, 5.74) is 0.885. The molecule has 2 saturated heterocycles. The third-order valence-corrected chi connectivity index (χ3v) is 5.66. The molecule has 5 rings (SSSR count). The fourth-order valence-corrected chi connectivity index (χ4v) is 4.33. The van der Waals surface area contributed by atoms with Crippen molar-refractivity contribution in [1.82, 2.24) is 9.88 Å². The number of hydrogen-bond acceptors (Lipinski definition) is 5. The molecule has 1 aliphatic carbocycles. The molecule has 1 aromatic rings. The van der Waals surface area contributed by atoms with Gasteiger partial charge in [0.1, 0.15) is 17.2 Å². The van der Waals surface area contributed by atoms with Crippen molar-refractivity contribution in [2.75, 3.05) is 25.0 Å². The topological polar surface area (TPSA) is 49.8 Å². The zero-order chi connectivity index (χ0) is 14.2. The van der Waals surface area contributed by atoms with Crippen LogP contribution < -0.4 is 5.32 Å². The summed E-state index contributed by atoms with van der Waals surface area (Å²) >= 11 is 0. The Morgan fingerprint density at radius 1 is 1.52 bits per heavy atom. The summed E-state index contributed by atoms with van der Waals surface area (Å²) in [6, 6.07) is 2.20. The molecule has 0 aromatic carbocycles. The molecule has 3 aliphatic heterocycles. The minimum atomic E-state index is -0.300. The zero-order valence-corrected chi connectivity index (χ0v) is 11.9. The van der Waals surface area contributed by atoms with Crippen LogP contribution in [0.3, 0.4) is 0 Å². The first-order valence-electron chi connectivity index (χ1n) is 7.49. The SMILES string of the molecule is Cc1cc(NC2=NC[C@@]3(CN4CCC45CC53)O2)ncc1F. The number of aliphatic imine (C=N–C) groups is 1. The molecule has 4 aliphatic rings. The number of ether oxygens (including phenoxy) is 1. The fourth-order valence-electron chi connectivity index (χ4n) is 4.33. The predicted molar refractivity (Wildman–Crippen MR) is 75.7 cm³/mol. The van der Waals surface area contributed by atoms with Gasteiger partial charge in [0, 0.05) is 24.5 Å². The Hall–Kier alpha value is -1.69. The first-order valence-corrected chi connectivity index (χ1v) is 7.49. The highest BCUT2D eigenvalue weighted by Crippen LogP contribution is 2.67. The number of piperidine rings is 1. The number of hydrogen-bond donors (Lipinski definition) is 1. The van der Waals surface area contributed by atoms with E-state index < -0.39 is 0 Å². The Kier molecular flexibility index (Phi) is 2.01. The molecule has 0 amide bonds. The minimum Gasteiger partial charge on any atom is -0.455 e. The largest absolute Gasteiger partial charge is 0.455 e. The van der Waals surface area contributed by atoms with Crippen LogP contribution >= 0.6 is 0 Å². The van der Waals surface area contributed by atoms with Gasteiger partial charge < -0.3 is 4.74 Å². The average Bonchev–Trinajstić information content (AvgIpc) is 3.09. The standard InChI is InChI=1S/C15H17FN4O/c1-9-4-12(17-6-10(9)16)19-13-18-7-15(21-13)8-20-3-2-14(20)5-11(14)15/h4,6,11H,2-3,5,7-8H2,1H3,(H,17,18,19)/t11?,14?,15-/m0/s1. The van der Waals surface area contributed by atoms with Gasteiger partial charge >= 0.3 is 0 Å². The van der Waals surface area contributed by atoms with Gasteiger partial charge in [-0.15, -0.1) is 0 Å². The summed E-state index contributed by atoms with van der Waals surface area (Å²) in [4.78, 5) is 11.1. The molecule has 3 atom stereocenters. The number of pyridine rings is 1. The smallest absolute Gasteiger partial charge is 0.291 e. The van der Waals surface area contributed by atoms with Gasteiger partial charge in [0.25, 0.3) is 6.02 Å². The number of aryl methyl sites for hydroxylation is 1. The van der Waals surface area contributed by atoms with E-state index in [9.17, 15) is 4.39 Å². The van der Waals surface area contributed by atoms with Crippen LogP contribution in [0.2, 0.25) is 0 Å². The molecule has 0 bridgehead atoms. The van der Waals surface area contributed by atoms with E-state index in [2.05, 4.69) is 20.2 Å². The van der Waals surface area contributed by atoms with E-state index in [1.165, 1.54) is 25.6 Å². The van der Waals surface area contributed by atoms with Crippen LogP contribution in [-0.4, -0.2) is 46.7 Å². The van der Waals surface area contributed by atoms with E-state index >= 15 is 0 Å². The van der Waals surface area contributed by atoms with Crippen molar-refractivity contribution in [3.8, 4) is 0 Å². The van der Waals surface area contributed by atoms with Gasteiger partial charge in [0.05, 0.1) is 12.7 Å². The summed E-state index contributed by atoms with van der Waals surface area (Å²) in [6.45, 7) is 4.63. The minimum absolute atomic E-state index is 0.131. The fraction of sp³-hybridized carbons (Fsp3) is 0.600. The zero-order valence-electron chi connectivity index (χ0n) is 11.9. The molecule has 1 N–H and O–H groups in total. The lowest BCUT2D eigenvalue weighted by atomic mass is 9.98. The van der Waals surface area contributed by atoms with Crippen molar-refractivity contribution in [3.05, 3.63) is 23.6 Å². The van der Waals surface area contributed by atoms with Crippen molar-refractivity contribution in [2.24, 2.45) is 10.9 Å². The number of amidine groups is 1. The Bertz CT molecular complexity index is 678. The number of nitrogens with zero attached hydrogens (tertiary/aromatic N) is 3. The number of nitrogens with one attached hydrogen (secondary N) is 1. The maximum Gasteiger partial charge on any atom is 0.291 e. The molecule has 4 heterocycles. The number of aromatic nitrogens is 1. The molecule has 6 heteroatoms. The van der Waals surface area contributed by atoms with Crippen molar-refractivity contribution >= 4 is 11.8 Å². The van der Waals surface area contributed by atoms with Crippen LogP contribution in [0, 0.1) is 18.7 Å². The average molecular weight is 288 g/mol. The van der Waals surface area contributed by atoms with Crippen LogP contribution in [-0.2, 0) is 4.74 Å². The van der Waals surface area contributed by atoms with Gasteiger partial charge in [0.2, 0.25) is 0 Å². The third kappa shape index (κ3) is 1.43. The third-order valence-electron chi connectivity index (χ3n) is 5.66. The second kappa shape index (κ2) is 3.55. The monoisotopic (exact) mass is 288 g/mol. The van der Waals surface area contributed by atoms with Crippen LogP contribution in [0.5, 0.6) is 0 Å². The Balaban J connectivity index is 1.33. The maximum absolute atomic E-state index is 13.2. The molecule has 5 nitrogen and oxygen atoms in total. The highest BCUT2D eigenvalue weighted by molar-refractivity contribution is 5.89. The number of halogens is 1. The molecule has 1 saturated carbocycles. The van der Waals surface area contributed by atoms with E-state index in [1.807, 2.05) is 0 Å². The molecule has 110 valence electrons. The normalized spacial score (nSPS) is 39.3. The van der Waals surface area contributed by atoms with Crippen LogP contribution in [0.15, 0.2) is 17.3 Å². The van der Waals surface area contributed by atoms with Crippen molar-refractivity contribution in [3.63, 3.8) is 0 Å². The predicted octanol–water partition coefficient (Wildman–Crippen LogP) is 1.54. The second-order valence-electron chi connectivity index (χ2n) is 6.76. The van der Waals surface area contributed by atoms with Crippen molar-refractivity contribution in [2.45, 2.75) is 30.9 Å². The highest BCUT2D eigenvalue weighted by Gasteiger charge is 2.77. The maximum atomic E-state index is 13.2. The summed E-state index contributed by atoms with van der Waals surface area (Å²) in [5.74, 6) is 0.910. The second-order valence-corrected chi connectivity index (χ2v) is 6.76. The van der Waals surface area contributed by atoms with E-state index in [0.29, 0.717) is 28.9 Å². The Labute approximate surface area is 122 Å². The molecule has 2 unspecified atom stereocenters. The van der Waals surface area contributed by atoms with E-state index in [4.69, 9.17) is 4.74 Å². The molecular weight excluding hydrogens is 271 g/mol. The summed E-state index contributed by atoms with van der Waals surface area (Å²) in [5, 5.41) is 3.08. The van der Waals surface area contributed by atoms with Gasteiger partial charge in [-0.05, 0) is 31.4 Å².